The molecule has 128 valence electrons. The molecule has 1 aromatic carbocycles. The van der Waals surface area contributed by atoms with Gasteiger partial charge in [0.15, 0.2) is 11.6 Å². The summed E-state index contributed by atoms with van der Waals surface area (Å²) < 4.78 is 6.94. The first-order valence-electron chi connectivity index (χ1n) is 7.87. The van der Waals surface area contributed by atoms with Crippen LogP contribution in [0.2, 0.25) is 0 Å². The summed E-state index contributed by atoms with van der Waals surface area (Å²) in [5.41, 5.74) is 6.77. The number of hydrogen-bond acceptors (Lipinski definition) is 6. The van der Waals surface area contributed by atoms with Crippen molar-refractivity contribution >= 4 is 11.5 Å². The van der Waals surface area contributed by atoms with E-state index in [2.05, 4.69) is 25.6 Å². The Hall–Kier alpha value is -3.22. The average molecular weight is 336 g/mol. The van der Waals surface area contributed by atoms with Gasteiger partial charge in [0.05, 0.1) is 18.5 Å². The highest BCUT2D eigenvalue weighted by Gasteiger charge is 2.06. The first-order chi connectivity index (χ1) is 12.1. The molecule has 3 aromatic rings. The van der Waals surface area contributed by atoms with Crippen molar-refractivity contribution in [3.05, 3.63) is 59.7 Å². The number of hydrazone groups is 1. The molecule has 0 saturated carbocycles. The zero-order chi connectivity index (χ0) is 17.8. The molecule has 2 aromatic heterocycles. The molecular formula is C18H20N6O. The second-order valence-corrected chi connectivity index (χ2v) is 5.64. The molecule has 0 saturated heterocycles. The Bertz CT molecular complexity index is 898. The molecule has 7 heteroatoms. The monoisotopic (exact) mass is 336 g/mol. The molecule has 3 rings (SSSR count). The quantitative estimate of drug-likeness (QED) is 0.572. The fourth-order valence-corrected chi connectivity index (χ4v) is 2.42. The van der Waals surface area contributed by atoms with Crippen molar-refractivity contribution in [1.29, 1.82) is 0 Å². The van der Waals surface area contributed by atoms with Crippen molar-refractivity contribution in [1.82, 2.24) is 19.7 Å². The molecule has 2 heterocycles. The van der Waals surface area contributed by atoms with Gasteiger partial charge in [-0.2, -0.15) is 10.2 Å². The third kappa shape index (κ3) is 3.82. The second kappa shape index (κ2) is 7.12. The van der Waals surface area contributed by atoms with Crippen LogP contribution in [0, 0.1) is 13.8 Å². The largest absolute Gasteiger partial charge is 0.497 e. The first-order valence-corrected chi connectivity index (χ1v) is 7.87. The maximum absolute atomic E-state index is 5.16. The number of anilines is 1. The predicted molar refractivity (Wildman–Crippen MR) is 97.5 cm³/mol. The Labute approximate surface area is 146 Å². The summed E-state index contributed by atoms with van der Waals surface area (Å²) in [4.78, 5) is 8.48. The Kier molecular flexibility index (Phi) is 4.74. The van der Waals surface area contributed by atoms with Gasteiger partial charge in [-0.25, -0.2) is 14.6 Å². The SMILES string of the molecule is COc1ccc(/C(C)=N\Nc2cc(-n3nc(C)cc3C)ncn2)cc1. The number of benzene rings is 1. The van der Waals surface area contributed by atoms with E-state index in [1.54, 1.807) is 11.8 Å². The lowest BCUT2D eigenvalue weighted by Crippen LogP contribution is -2.05. The zero-order valence-corrected chi connectivity index (χ0v) is 14.7. The van der Waals surface area contributed by atoms with E-state index in [0.29, 0.717) is 11.6 Å². The number of rotatable bonds is 5. The van der Waals surface area contributed by atoms with Gasteiger partial charge < -0.3 is 4.74 Å². The second-order valence-electron chi connectivity index (χ2n) is 5.64. The Morgan fingerprint density at radius 2 is 1.88 bits per heavy atom. The lowest BCUT2D eigenvalue weighted by molar-refractivity contribution is 0.415. The van der Waals surface area contributed by atoms with E-state index in [9.17, 15) is 0 Å². The van der Waals surface area contributed by atoms with Gasteiger partial charge in [-0.3, -0.25) is 5.43 Å². The maximum Gasteiger partial charge on any atom is 0.159 e. The van der Waals surface area contributed by atoms with Crippen molar-refractivity contribution in [2.75, 3.05) is 12.5 Å². The van der Waals surface area contributed by atoms with Crippen molar-refractivity contribution in [2.24, 2.45) is 5.10 Å². The first kappa shape index (κ1) is 16.6. The minimum atomic E-state index is 0.602. The fourth-order valence-electron chi connectivity index (χ4n) is 2.42. The number of nitrogens with one attached hydrogen (secondary N) is 1. The molecule has 0 aliphatic rings. The van der Waals surface area contributed by atoms with Gasteiger partial charge in [-0.1, -0.05) is 0 Å². The van der Waals surface area contributed by atoms with Crippen LogP contribution >= 0.6 is 0 Å². The van der Waals surface area contributed by atoms with E-state index < -0.39 is 0 Å². The van der Waals surface area contributed by atoms with Crippen LogP contribution in [0.5, 0.6) is 5.75 Å². The summed E-state index contributed by atoms with van der Waals surface area (Å²) in [7, 11) is 1.65. The number of aromatic nitrogens is 4. The summed E-state index contributed by atoms with van der Waals surface area (Å²) in [6.45, 7) is 5.87. The molecule has 0 amide bonds. The van der Waals surface area contributed by atoms with Crippen molar-refractivity contribution in [3.8, 4) is 11.6 Å². The molecule has 0 bridgehead atoms. The van der Waals surface area contributed by atoms with Crippen LogP contribution in [0.25, 0.3) is 5.82 Å². The predicted octanol–water partition coefficient (Wildman–Crippen LogP) is 3.12. The number of aryl methyl sites for hydroxylation is 2. The van der Waals surface area contributed by atoms with E-state index in [1.807, 2.05) is 57.2 Å². The van der Waals surface area contributed by atoms with E-state index in [0.717, 1.165) is 28.4 Å². The topological polar surface area (TPSA) is 77.2 Å². The van der Waals surface area contributed by atoms with Crippen molar-refractivity contribution < 1.29 is 4.74 Å². The van der Waals surface area contributed by atoms with E-state index >= 15 is 0 Å². The molecular weight excluding hydrogens is 316 g/mol. The standard InChI is InChI=1S/C18H20N6O/c1-12-9-13(2)24(23-12)18-10-17(19-11-20-18)22-21-14(3)15-5-7-16(25-4)8-6-15/h5-11H,1-4H3,(H,19,20,22)/b21-14-. The summed E-state index contributed by atoms with van der Waals surface area (Å²) in [5, 5.41) is 8.82. The third-order valence-corrected chi connectivity index (χ3v) is 3.73. The maximum atomic E-state index is 5.16. The number of methoxy groups -OCH3 is 1. The summed E-state index contributed by atoms with van der Waals surface area (Å²) in [5.74, 6) is 2.11. The van der Waals surface area contributed by atoms with E-state index in [1.165, 1.54) is 6.33 Å². The highest BCUT2D eigenvalue weighted by Crippen LogP contribution is 2.14. The smallest absolute Gasteiger partial charge is 0.159 e. The van der Waals surface area contributed by atoms with Gasteiger partial charge in [0.2, 0.25) is 0 Å². The van der Waals surface area contributed by atoms with Crippen molar-refractivity contribution in [2.45, 2.75) is 20.8 Å². The van der Waals surface area contributed by atoms with Crippen LogP contribution in [0.3, 0.4) is 0 Å². The summed E-state index contributed by atoms with van der Waals surface area (Å²) in [6, 6.07) is 11.5. The fraction of sp³-hybridized carbons (Fsp3) is 0.222. The van der Waals surface area contributed by atoms with Crippen LogP contribution in [-0.4, -0.2) is 32.6 Å². The van der Waals surface area contributed by atoms with Crippen LogP contribution in [0.4, 0.5) is 5.82 Å². The third-order valence-electron chi connectivity index (χ3n) is 3.73. The molecule has 0 fully saturated rings. The minimum absolute atomic E-state index is 0.602. The minimum Gasteiger partial charge on any atom is -0.497 e. The highest BCUT2D eigenvalue weighted by molar-refractivity contribution is 5.99. The van der Waals surface area contributed by atoms with Crippen LogP contribution in [0.15, 0.2) is 47.8 Å². The normalized spacial score (nSPS) is 11.4. The Morgan fingerprint density at radius 1 is 1.12 bits per heavy atom. The number of ether oxygens (including phenoxy) is 1. The van der Waals surface area contributed by atoms with Gasteiger partial charge >= 0.3 is 0 Å². The van der Waals surface area contributed by atoms with Crippen LogP contribution < -0.4 is 10.2 Å². The highest BCUT2D eigenvalue weighted by atomic mass is 16.5. The van der Waals surface area contributed by atoms with E-state index in [4.69, 9.17) is 4.74 Å². The summed E-state index contributed by atoms with van der Waals surface area (Å²) in [6.07, 6.45) is 1.49. The number of hydrogen-bond donors (Lipinski definition) is 1. The van der Waals surface area contributed by atoms with Crippen LogP contribution in [-0.2, 0) is 0 Å². The van der Waals surface area contributed by atoms with E-state index in [-0.39, 0.29) is 0 Å². The number of nitrogens with zero attached hydrogens (tertiary/aromatic N) is 5. The molecule has 0 spiro atoms. The molecule has 7 nitrogen and oxygen atoms in total. The van der Waals surface area contributed by atoms with Gasteiger partial charge in [0, 0.05) is 11.8 Å². The molecule has 0 radical (unpaired) electrons. The zero-order valence-electron chi connectivity index (χ0n) is 14.7. The molecule has 0 unspecified atom stereocenters. The average Bonchev–Trinajstić information content (AvgIpc) is 2.98. The van der Waals surface area contributed by atoms with Crippen molar-refractivity contribution in [3.63, 3.8) is 0 Å². The molecule has 0 atom stereocenters. The Morgan fingerprint density at radius 3 is 2.52 bits per heavy atom. The Balaban J connectivity index is 1.78. The van der Waals surface area contributed by atoms with Gasteiger partial charge in [0.1, 0.15) is 12.1 Å². The van der Waals surface area contributed by atoms with Gasteiger partial charge in [-0.15, -0.1) is 0 Å². The van der Waals surface area contributed by atoms with Gasteiger partial charge in [-0.05, 0) is 56.7 Å². The lowest BCUT2D eigenvalue weighted by atomic mass is 10.1. The molecule has 0 aliphatic carbocycles. The molecule has 1 N–H and O–H groups in total. The van der Waals surface area contributed by atoms with Gasteiger partial charge in [0.25, 0.3) is 0 Å². The molecule has 0 aliphatic heterocycles. The summed E-state index contributed by atoms with van der Waals surface area (Å²) >= 11 is 0. The lowest BCUT2D eigenvalue weighted by Gasteiger charge is -2.06. The van der Waals surface area contributed by atoms with Crippen LogP contribution in [0.1, 0.15) is 23.9 Å². The molecule has 25 heavy (non-hydrogen) atoms.